The molecule has 0 atom stereocenters. The smallest absolute Gasteiger partial charge is 0.337 e. The van der Waals surface area contributed by atoms with E-state index in [2.05, 4.69) is 40.5 Å². The molecule has 2 aromatic heterocycles. The standard InChI is InChI=1S/C13H13N5O6S.C12H12ClN5O4S/c1-7-14-11(17-13(15-7)24-2)16-12(21)18-25(22,23)9-6-4-3-5-8(9)10(19)20;1-7-14-10(17-12(15-7)22-2)16-11(19)18-23(20,21)9-6-4-3-5-8(9)13/h3-6H,1-2H3,(H,19,20)(H2,14,15,16,17,18,21);3-6H,1-2H3,(H2,14,15,16,17,18,19). The first-order valence-electron chi connectivity index (χ1n) is 12.8. The van der Waals surface area contributed by atoms with Crippen molar-refractivity contribution in [3.8, 4) is 12.0 Å². The summed E-state index contributed by atoms with van der Waals surface area (Å²) in [6.07, 6.45) is 0. The average Bonchev–Trinajstić information content (AvgIpc) is 3.00. The molecule has 0 saturated carbocycles. The molecule has 254 valence electrons. The van der Waals surface area contributed by atoms with Crippen molar-refractivity contribution in [2.45, 2.75) is 23.6 Å². The molecule has 0 unspecified atom stereocenters. The predicted octanol–water partition coefficient (Wildman–Crippen LogP) is 1.75. The molecule has 5 N–H and O–H groups in total. The maximum Gasteiger partial charge on any atom is 0.337 e. The average molecular weight is 725 g/mol. The molecule has 4 aromatic rings. The lowest BCUT2D eigenvalue weighted by Crippen LogP contribution is -2.35. The van der Waals surface area contributed by atoms with Crippen LogP contribution in [-0.4, -0.2) is 84.1 Å². The zero-order valence-corrected chi connectivity index (χ0v) is 27.5. The summed E-state index contributed by atoms with van der Waals surface area (Å²) in [5.74, 6) is -1.30. The molecule has 0 bridgehead atoms. The molecule has 4 amide bonds. The second-order valence-electron chi connectivity index (χ2n) is 8.74. The van der Waals surface area contributed by atoms with E-state index in [9.17, 15) is 31.2 Å². The van der Waals surface area contributed by atoms with Crippen LogP contribution in [0.4, 0.5) is 21.5 Å². The summed E-state index contributed by atoms with van der Waals surface area (Å²) in [5, 5.41) is 13.3. The van der Waals surface area contributed by atoms with Gasteiger partial charge in [0, 0.05) is 0 Å². The first-order valence-corrected chi connectivity index (χ1v) is 16.2. The Morgan fingerprint density at radius 1 is 0.667 bits per heavy atom. The second kappa shape index (κ2) is 15.7. The van der Waals surface area contributed by atoms with Gasteiger partial charge >= 0.3 is 30.1 Å². The number of aromatic carboxylic acids is 1. The lowest BCUT2D eigenvalue weighted by Gasteiger charge is -2.10. The Bertz CT molecular complexity index is 2070. The fourth-order valence-corrected chi connectivity index (χ4v) is 5.89. The highest BCUT2D eigenvalue weighted by molar-refractivity contribution is 7.90. The zero-order valence-electron chi connectivity index (χ0n) is 25.1. The van der Waals surface area contributed by atoms with Crippen molar-refractivity contribution in [3.05, 3.63) is 70.8 Å². The molecule has 0 aliphatic carbocycles. The van der Waals surface area contributed by atoms with Crippen LogP contribution in [0.25, 0.3) is 0 Å². The Morgan fingerprint density at radius 2 is 1.08 bits per heavy atom. The van der Waals surface area contributed by atoms with Crippen molar-refractivity contribution in [3.63, 3.8) is 0 Å². The van der Waals surface area contributed by atoms with E-state index in [0.717, 1.165) is 12.1 Å². The Labute approximate surface area is 277 Å². The topological polar surface area (TPSA) is 284 Å². The third-order valence-corrected chi connectivity index (χ3v) is 8.48. The fourth-order valence-electron chi connectivity index (χ4n) is 3.36. The third-order valence-electron chi connectivity index (χ3n) is 5.26. The van der Waals surface area contributed by atoms with Gasteiger partial charge in [-0.3, -0.25) is 10.6 Å². The number of hydrogen-bond acceptors (Lipinski definition) is 15. The number of benzene rings is 2. The number of hydrogen-bond donors (Lipinski definition) is 5. The summed E-state index contributed by atoms with van der Waals surface area (Å²) in [7, 11) is -5.90. The van der Waals surface area contributed by atoms with Gasteiger partial charge in [-0.2, -0.15) is 29.9 Å². The van der Waals surface area contributed by atoms with E-state index in [4.69, 9.17) is 26.2 Å². The predicted molar refractivity (Wildman–Crippen MR) is 166 cm³/mol. The number of nitrogens with one attached hydrogen (secondary N) is 4. The number of carbonyl (C=O) groups excluding carboxylic acids is 2. The summed E-state index contributed by atoms with van der Waals surface area (Å²) in [6.45, 7) is 3.08. The van der Waals surface area contributed by atoms with Crippen LogP contribution in [0.5, 0.6) is 12.0 Å². The van der Waals surface area contributed by atoms with E-state index in [1.165, 1.54) is 51.5 Å². The summed E-state index contributed by atoms with van der Waals surface area (Å²) in [5.41, 5.74) is -0.472. The highest BCUT2D eigenvalue weighted by Crippen LogP contribution is 2.20. The lowest BCUT2D eigenvalue weighted by molar-refractivity contribution is 0.0692. The largest absolute Gasteiger partial charge is 0.478 e. The first kappa shape index (κ1) is 36.7. The van der Waals surface area contributed by atoms with Crippen molar-refractivity contribution >= 4 is 61.6 Å². The van der Waals surface area contributed by atoms with Crippen LogP contribution in [0.1, 0.15) is 22.0 Å². The summed E-state index contributed by atoms with van der Waals surface area (Å²) in [6, 6.07) is 8.29. The lowest BCUT2D eigenvalue weighted by atomic mass is 10.2. The van der Waals surface area contributed by atoms with Gasteiger partial charge in [-0.05, 0) is 38.1 Å². The fraction of sp³-hybridized carbons (Fsp3) is 0.160. The van der Waals surface area contributed by atoms with E-state index in [-0.39, 0.29) is 39.7 Å². The van der Waals surface area contributed by atoms with Gasteiger partial charge in [0.25, 0.3) is 20.0 Å². The monoisotopic (exact) mass is 724 g/mol. The van der Waals surface area contributed by atoms with Crippen LogP contribution in [0.2, 0.25) is 5.02 Å². The van der Waals surface area contributed by atoms with Crippen molar-refractivity contribution in [1.82, 2.24) is 39.3 Å². The molecule has 0 aliphatic heterocycles. The molecule has 20 nitrogen and oxygen atoms in total. The molecule has 0 fully saturated rings. The number of amides is 4. The van der Waals surface area contributed by atoms with Crippen molar-refractivity contribution in [2.24, 2.45) is 0 Å². The maximum absolute atomic E-state index is 12.2. The number of carboxylic acid groups (broad SMARTS) is 1. The van der Waals surface area contributed by atoms with E-state index in [1.54, 1.807) is 17.7 Å². The maximum atomic E-state index is 12.2. The molecule has 2 heterocycles. The minimum Gasteiger partial charge on any atom is -0.478 e. The minimum absolute atomic E-state index is 0.00882. The Hall–Kier alpha value is -5.74. The molecule has 48 heavy (non-hydrogen) atoms. The van der Waals surface area contributed by atoms with Gasteiger partial charge in [-0.1, -0.05) is 35.9 Å². The number of aryl methyl sites for hydroxylation is 2. The van der Waals surface area contributed by atoms with Crippen LogP contribution in [-0.2, 0) is 20.0 Å². The van der Waals surface area contributed by atoms with Crippen LogP contribution < -0.4 is 29.6 Å². The Morgan fingerprint density at radius 3 is 1.52 bits per heavy atom. The van der Waals surface area contributed by atoms with Gasteiger partial charge in [0.15, 0.2) is 0 Å². The minimum atomic E-state index is -4.43. The van der Waals surface area contributed by atoms with Gasteiger partial charge in [0.1, 0.15) is 21.4 Å². The highest BCUT2D eigenvalue weighted by Gasteiger charge is 2.25. The van der Waals surface area contributed by atoms with Gasteiger partial charge in [0.05, 0.1) is 24.8 Å². The third kappa shape index (κ3) is 10.1. The number of nitrogens with zero attached hydrogens (tertiary/aromatic N) is 6. The van der Waals surface area contributed by atoms with Crippen LogP contribution >= 0.6 is 11.6 Å². The molecular weight excluding hydrogens is 700 g/mol. The summed E-state index contributed by atoms with van der Waals surface area (Å²) >= 11 is 5.81. The van der Waals surface area contributed by atoms with Crippen molar-refractivity contribution in [2.75, 3.05) is 24.9 Å². The molecule has 4 rings (SSSR count). The van der Waals surface area contributed by atoms with Crippen LogP contribution in [0.15, 0.2) is 58.3 Å². The van der Waals surface area contributed by atoms with Gasteiger partial charge in [0.2, 0.25) is 11.9 Å². The number of carbonyl (C=O) groups is 3. The number of urea groups is 2. The van der Waals surface area contributed by atoms with Gasteiger partial charge in [-0.15, -0.1) is 0 Å². The Balaban J connectivity index is 0.000000261. The molecule has 0 saturated heterocycles. The SMILES string of the molecule is COc1nc(C)nc(NC(=O)NS(=O)(=O)c2ccccc2C(=O)O)n1.COc1nc(C)nc(NC(=O)NS(=O)(=O)c2ccccc2Cl)n1. The number of sulfonamides is 2. The van der Waals surface area contributed by atoms with Crippen molar-refractivity contribution < 1.29 is 45.8 Å². The number of aromatic nitrogens is 6. The number of halogens is 1. The van der Waals surface area contributed by atoms with E-state index in [0.29, 0.717) is 5.82 Å². The van der Waals surface area contributed by atoms with Crippen molar-refractivity contribution in [1.29, 1.82) is 0 Å². The van der Waals surface area contributed by atoms with Gasteiger partial charge in [-0.25, -0.2) is 40.7 Å². The Kier molecular flexibility index (Phi) is 12.0. The summed E-state index contributed by atoms with van der Waals surface area (Å²) < 4.78 is 61.8. The first-order chi connectivity index (χ1) is 22.5. The molecule has 23 heteroatoms. The molecular formula is C25H25ClN10O10S2. The van der Waals surface area contributed by atoms with Crippen LogP contribution in [0.3, 0.4) is 0 Å². The zero-order chi connectivity index (χ0) is 35.6. The molecule has 0 radical (unpaired) electrons. The van der Waals surface area contributed by atoms with E-state index >= 15 is 0 Å². The quantitative estimate of drug-likeness (QED) is 0.164. The highest BCUT2D eigenvalue weighted by atomic mass is 35.5. The number of anilines is 2. The second-order valence-corrected chi connectivity index (χ2v) is 12.4. The van der Waals surface area contributed by atoms with E-state index in [1.807, 2.05) is 4.72 Å². The number of carboxylic acids is 1. The molecule has 2 aromatic carbocycles. The van der Waals surface area contributed by atoms with E-state index < -0.39 is 48.5 Å². The van der Waals surface area contributed by atoms with Gasteiger partial charge < -0.3 is 14.6 Å². The number of rotatable bonds is 9. The number of methoxy groups -OCH3 is 2. The normalized spacial score (nSPS) is 10.9. The van der Waals surface area contributed by atoms with Crippen LogP contribution in [0, 0.1) is 13.8 Å². The molecule has 0 aliphatic rings. The number of ether oxygens (including phenoxy) is 2. The summed E-state index contributed by atoms with van der Waals surface area (Å²) in [4.78, 5) is 56.9. The molecule has 0 spiro atoms.